The molecule has 3 saturated carbocycles. The summed E-state index contributed by atoms with van der Waals surface area (Å²) in [6.45, 7) is 7.17. The van der Waals surface area contributed by atoms with Crippen LogP contribution in [0.5, 0.6) is 0 Å². The molecule has 2 N–H and O–H groups in total. The van der Waals surface area contributed by atoms with Gasteiger partial charge in [0.05, 0.1) is 6.10 Å². The van der Waals surface area contributed by atoms with Crippen molar-refractivity contribution in [3.8, 4) is 0 Å². The van der Waals surface area contributed by atoms with E-state index in [1.165, 1.54) is 25.7 Å². The Hall–Kier alpha value is -0.760. The number of rotatable bonds is 0. The van der Waals surface area contributed by atoms with Crippen molar-refractivity contribution in [2.24, 2.45) is 40.4 Å². The minimum Gasteiger partial charge on any atom is -0.508 e. The van der Waals surface area contributed by atoms with Crippen LogP contribution in [0.25, 0.3) is 0 Å². The maximum atomic E-state index is 10.5. The SMILES string of the molecule is C[C@H]1C[C@@H]2C=C(O)C=C[C@]2(C)[C@H]2CC[C@]3(C)[C@@H](O)CC[C@H]3[C@H]12. The van der Waals surface area contributed by atoms with E-state index in [1.54, 1.807) is 0 Å². The van der Waals surface area contributed by atoms with Crippen molar-refractivity contribution >= 4 is 0 Å². The highest BCUT2D eigenvalue weighted by atomic mass is 16.3. The van der Waals surface area contributed by atoms with Gasteiger partial charge in [0.2, 0.25) is 0 Å². The molecule has 4 rings (SSSR count). The zero-order chi connectivity index (χ0) is 15.7. The first-order chi connectivity index (χ1) is 10.4. The first kappa shape index (κ1) is 14.8. The number of fused-ring (bicyclic) bond motifs is 5. The zero-order valence-corrected chi connectivity index (χ0v) is 14.1. The second kappa shape index (κ2) is 4.63. The van der Waals surface area contributed by atoms with Gasteiger partial charge in [0.1, 0.15) is 5.76 Å². The van der Waals surface area contributed by atoms with Crippen LogP contribution in [0.1, 0.15) is 52.9 Å². The van der Waals surface area contributed by atoms with E-state index >= 15 is 0 Å². The van der Waals surface area contributed by atoms with Crippen molar-refractivity contribution in [2.45, 2.75) is 59.0 Å². The fourth-order valence-corrected chi connectivity index (χ4v) is 6.79. The fourth-order valence-electron chi connectivity index (χ4n) is 6.79. The summed E-state index contributed by atoms with van der Waals surface area (Å²) < 4.78 is 0. The van der Waals surface area contributed by atoms with E-state index in [4.69, 9.17) is 0 Å². The lowest BCUT2D eigenvalue weighted by atomic mass is 9.45. The molecule has 0 aliphatic heterocycles. The third kappa shape index (κ3) is 1.76. The normalized spacial score (nSPS) is 56.8. The largest absolute Gasteiger partial charge is 0.508 e. The topological polar surface area (TPSA) is 40.5 Å². The Bertz CT molecular complexity index is 536. The van der Waals surface area contributed by atoms with Gasteiger partial charge in [-0.15, -0.1) is 0 Å². The standard InChI is InChI=1S/C20H30O2/c1-12-10-13-11-14(21)6-8-19(13,2)16-7-9-20(3)15(18(12)16)4-5-17(20)22/h6,8,11-13,15-18,21-22H,4-5,7,9-10H2,1-3H3/t12-,13+,15-,16-,17-,18-,19-,20-/m0/s1. The van der Waals surface area contributed by atoms with Gasteiger partial charge in [0.25, 0.3) is 0 Å². The second-order valence-corrected chi connectivity index (χ2v) is 9.04. The lowest BCUT2D eigenvalue weighted by Crippen LogP contribution is -2.54. The van der Waals surface area contributed by atoms with Crippen molar-refractivity contribution in [1.29, 1.82) is 0 Å². The smallest absolute Gasteiger partial charge is 0.111 e. The van der Waals surface area contributed by atoms with E-state index in [9.17, 15) is 10.2 Å². The molecule has 22 heavy (non-hydrogen) atoms. The van der Waals surface area contributed by atoms with Crippen LogP contribution < -0.4 is 0 Å². The number of allylic oxidation sites excluding steroid dienone is 3. The van der Waals surface area contributed by atoms with Crippen LogP contribution in [-0.2, 0) is 0 Å². The van der Waals surface area contributed by atoms with Crippen LogP contribution in [0.4, 0.5) is 0 Å². The molecule has 0 radical (unpaired) electrons. The molecular weight excluding hydrogens is 272 g/mol. The molecule has 0 aromatic carbocycles. The zero-order valence-electron chi connectivity index (χ0n) is 14.1. The molecule has 0 aromatic rings. The van der Waals surface area contributed by atoms with E-state index in [0.717, 1.165) is 12.3 Å². The number of aliphatic hydroxyl groups is 2. The monoisotopic (exact) mass is 302 g/mol. The van der Waals surface area contributed by atoms with E-state index in [1.807, 2.05) is 6.08 Å². The second-order valence-electron chi connectivity index (χ2n) is 9.04. The Kier molecular flexibility index (Phi) is 3.11. The van der Waals surface area contributed by atoms with Crippen LogP contribution in [-0.4, -0.2) is 16.3 Å². The van der Waals surface area contributed by atoms with E-state index in [0.29, 0.717) is 29.4 Å². The Labute approximate surface area is 134 Å². The van der Waals surface area contributed by atoms with Crippen LogP contribution >= 0.6 is 0 Å². The first-order valence-electron chi connectivity index (χ1n) is 9.14. The summed E-state index contributed by atoms with van der Waals surface area (Å²) in [5.41, 5.74) is 0.341. The molecular formula is C20H30O2. The summed E-state index contributed by atoms with van der Waals surface area (Å²) in [5, 5.41) is 20.4. The predicted octanol–water partition coefficient (Wildman–Crippen LogP) is 4.46. The molecule has 4 aliphatic carbocycles. The maximum absolute atomic E-state index is 10.5. The quantitative estimate of drug-likeness (QED) is 0.693. The summed E-state index contributed by atoms with van der Waals surface area (Å²) in [6, 6.07) is 0. The van der Waals surface area contributed by atoms with E-state index in [2.05, 4.69) is 32.9 Å². The average molecular weight is 302 g/mol. The van der Waals surface area contributed by atoms with Crippen LogP contribution in [0, 0.1) is 40.4 Å². The lowest BCUT2D eigenvalue weighted by Gasteiger charge is -2.60. The van der Waals surface area contributed by atoms with Crippen molar-refractivity contribution in [3.63, 3.8) is 0 Å². The maximum Gasteiger partial charge on any atom is 0.111 e. The summed E-state index contributed by atoms with van der Waals surface area (Å²) >= 11 is 0. The molecule has 122 valence electrons. The van der Waals surface area contributed by atoms with Crippen molar-refractivity contribution < 1.29 is 10.2 Å². The molecule has 0 unspecified atom stereocenters. The molecule has 0 aromatic heterocycles. The van der Waals surface area contributed by atoms with E-state index in [-0.39, 0.29) is 16.9 Å². The Morgan fingerprint density at radius 2 is 1.91 bits per heavy atom. The summed E-state index contributed by atoms with van der Waals surface area (Å²) in [4.78, 5) is 0. The Morgan fingerprint density at radius 3 is 2.68 bits per heavy atom. The lowest BCUT2D eigenvalue weighted by molar-refractivity contribution is -0.108. The third-order valence-electron chi connectivity index (χ3n) is 8.15. The van der Waals surface area contributed by atoms with Crippen molar-refractivity contribution in [2.75, 3.05) is 0 Å². The van der Waals surface area contributed by atoms with Crippen molar-refractivity contribution in [3.05, 3.63) is 24.0 Å². The van der Waals surface area contributed by atoms with Crippen LogP contribution in [0.2, 0.25) is 0 Å². The number of hydrogen-bond donors (Lipinski definition) is 2. The first-order valence-corrected chi connectivity index (χ1v) is 9.14. The van der Waals surface area contributed by atoms with E-state index < -0.39 is 0 Å². The van der Waals surface area contributed by atoms with Crippen molar-refractivity contribution in [1.82, 2.24) is 0 Å². The van der Waals surface area contributed by atoms with Gasteiger partial charge < -0.3 is 10.2 Å². The molecule has 2 heteroatoms. The van der Waals surface area contributed by atoms with Crippen LogP contribution in [0.3, 0.4) is 0 Å². The molecule has 4 aliphatic rings. The number of aliphatic hydroxyl groups excluding tert-OH is 2. The molecule has 0 heterocycles. The van der Waals surface area contributed by atoms with Gasteiger partial charge in [0, 0.05) is 0 Å². The minimum absolute atomic E-state index is 0.0954. The fraction of sp³-hybridized carbons (Fsp3) is 0.800. The van der Waals surface area contributed by atoms with Gasteiger partial charge in [-0.1, -0.05) is 26.8 Å². The highest BCUT2D eigenvalue weighted by Crippen LogP contribution is 2.66. The Balaban J connectivity index is 1.72. The van der Waals surface area contributed by atoms with Gasteiger partial charge in [-0.3, -0.25) is 0 Å². The van der Waals surface area contributed by atoms with Gasteiger partial charge in [-0.25, -0.2) is 0 Å². The van der Waals surface area contributed by atoms with Crippen LogP contribution in [0.15, 0.2) is 24.0 Å². The summed E-state index contributed by atoms with van der Waals surface area (Å²) in [5.74, 6) is 3.73. The predicted molar refractivity (Wildman–Crippen MR) is 88.3 cm³/mol. The average Bonchev–Trinajstić information content (AvgIpc) is 2.77. The highest BCUT2D eigenvalue weighted by Gasteiger charge is 2.60. The molecule has 0 spiro atoms. The van der Waals surface area contributed by atoms with Gasteiger partial charge in [0.15, 0.2) is 0 Å². The molecule has 0 bridgehead atoms. The minimum atomic E-state index is -0.0954. The van der Waals surface area contributed by atoms with Gasteiger partial charge >= 0.3 is 0 Å². The Morgan fingerprint density at radius 1 is 1.14 bits per heavy atom. The molecule has 8 atom stereocenters. The summed E-state index contributed by atoms with van der Waals surface area (Å²) in [6.07, 6.45) is 12.0. The van der Waals surface area contributed by atoms with Gasteiger partial charge in [-0.05, 0) is 84.7 Å². The molecule has 0 saturated heterocycles. The highest BCUT2D eigenvalue weighted by molar-refractivity contribution is 5.27. The third-order valence-corrected chi connectivity index (χ3v) is 8.15. The molecule has 2 nitrogen and oxygen atoms in total. The molecule has 3 fully saturated rings. The molecule has 0 amide bonds. The summed E-state index contributed by atoms with van der Waals surface area (Å²) in [7, 11) is 0. The number of hydrogen-bond acceptors (Lipinski definition) is 2. The van der Waals surface area contributed by atoms with Gasteiger partial charge in [-0.2, -0.15) is 0 Å².